The van der Waals surface area contributed by atoms with Crippen LogP contribution in [-0.4, -0.2) is 65.3 Å². The van der Waals surface area contributed by atoms with Gasteiger partial charge in [0.25, 0.3) is 0 Å². The third kappa shape index (κ3) is 3.01. The van der Waals surface area contributed by atoms with E-state index in [1.807, 2.05) is 42.5 Å². The zero-order valence-corrected chi connectivity index (χ0v) is 17.8. The van der Waals surface area contributed by atoms with Crippen molar-refractivity contribution in [1.82, 2.24) is 4.90 Å². The molecule has 5 atom stereocenters. The number of esters is 1. The van der Waals surface area contributed by atoms with Gasteiger partial charge in [-0.1, -0.05) is 30.3 Å². The molecule has 3 aliphatic heterocycles. The SMILES string of the molecule is CCOC(=O)[C@@H]1[C@@H]2CC[C@]3(O2)[C@H](C(=O)Nc2ccc4ccccc4c2)N(CCO)C(=O)[C@@H]13. The average Bonchev–Trinajstić information content (AvgIpc) is 3.42. The summed E-state index contributed by atoms with van der Waals surface area (Å²) in [6.07, 6.45) is 0.650. The number of ether oxygens (including phenoxy) is 2. The first-order chi connectivity index (χ1) is 15.5. The van der Waals surface area contributed by atoms with E-state index in [0.29, 0.717) is 18.5 Å². The Morgan fingerprint density at radius 1 is 1.25 bits per heavy atom. The highest BCUT2D eigenvalue weighted by Gasteiger charge is 2.74. The number of aliphatic hydroxyl groups excluding tert-OH is 1. The molecule has 2 bridgehead atoms. The van der Waals surface area contributed by atoms with Crippen molar-refractivity contribution in [3.63, 3.8) is 0 Å². The number of benzene rings is 2. The van der Waals surface area contributed by atoms with Crippen molar-refractivity contribution in [2.75, 3.05) is 25.1 Å². The number of amides is 2. The zero-order chi connectivity index (χ0) is 22.5. The zero-order valence-electron chi connectivity index (χ0n) is 17.8. The van der Waals surface area contributed by atoms with E-state index in [9.17, 15) is 19.5 Å². The normalized spacial score (nSPS) is 30.6. The Bertz CT molecular complexity index is 1090. The average molecular weight is 438 g/mol. The number of likely N-dealkylation sites (tertiary alicyclic amines) is 1. The summed E-state index contributed by atoms with van der Waals surface area (Å²) in [5.41, 5.74) is -0.477. The fourth-order valence-corrected chi connectivity index (χ4v) is 5.79. The molecule has 0 radical (unpaired) electrons. The number of anilines is 1. The molecule has 3 aliphatic rings. The number of carbonyl (C=O) groups is 3. The topological polar surface area (TPSA) is 105 Å². The lowest BCUT2D eigenvalue weighted by Gasteiger charge is -2.33. The van der Waals surface area contributed by atoms with Crippen LogP contribution < -0.4 is 5.32 Å². The van der Waals surface area contributed by atoms with Crippen molar-refractivity contribution >= 4 is 34.2 Å². The number of carbonyl (C=O) groups excluding carboxylic acids is 3. The molecule has 5 rings (SSSR count). The Labute approximate surface area is 185 Å². The molecule has 0 aliphatic carbocycles. The van der Waals surface area contributed by atoms with Gasteiger partial charge in [-0.05, 0) is 42.7 Å². The smallest absolute Gasteiger partial charge is 0.312 e. The highest BCUT2D eigenvalue weighted by atomic mass is 16.6. The third-order valence-corrected chi connectivity index (χ3v) is 6.97. The maximum atomic E-state index is 13.5. The van der Waals surface area contributed by atoms with E-state index in [-0.39, 0.29) is 31.6 Å². The monoisotopic (exact) mass is 438 g/mol. The van der Waals surface area contributed by atoms with E-state index in [4.69, 9.17) is 9.47 Å². The summed E-state index contributed by atoms with van der Waals surface area (Å²) in [6.45, 7) is 1.64. The van der Waals surface area contributed by atoms with Gasteiger partial charge in [-0.2, -0.15) is 0 Å². The number of hydrogen-bond acceptors (Lipinski definition) is 6. The van der Waals surface area contributed by atoms with Crippen molar-refractivity contribution in [3.8, 4) is 0 Å². The first-order valence-electron chi connectivity index (χ1n) is 11.1. The van der Waals surface area contributed by atoms with Gasteiger partial charge in [-0.15, -0.1) is 0 Å². The van der Waals surface area contributed by atoms with E-state index in [2.05, 4.69) is 5.32 Å². The summed E-state index contributed by atoms with van der Waals surface area (Å²) in [5, 5.41) is 14.6. The van der Waals surface area contributed by atoms with Crippen molar-refractivity contribution in [2.45, 2.75) is 37.5 Å². The lowest BCUT2D eigenvalue weighted by molar-refractivity contribution is -0.154. The van der Waals surface area contributed by atoms with Crippen LogP contribution in [0.3, 0.4) is 0 Å². The lowest BCUT2D eigenvalue weighted by Crippen LogP contribution is -2.53. The van der Waals surface area contributed by atoms with Gasteiger partial charge < -0.3 is 24.8 Å². The second-order valence-electron chi connectivity index (χ2n) is 8.61. The van der Waals surface area contributed by atoms with Crippen LogP contribution in [0.4, 0.5) is 5.69 Å². The molecule has 2 amide bonds. The number of rotatable bonds is 6. The van der Waals surface area contributed by atoms with E-state index < -0.39 is 35.6 Å². The van der Waals surface area contributed by atoms with Crippen molar-refractivity contribution in [1.29, 1.82) is 0 Å². The molecule has 3 saturated heterocycles. The third-order valence-electron chi connectivity index (χ3n) is 6.97. The Morgan fingerprint density at radius 2 is 2.03 bits per heavy atom. The van der Waals surface area contributed by atoms with Crippen LogP contribution >= 0.6 is 0 Å². The fraction of sp³-hybridized carbons (Fsp3) is 0.458. The number of β-amino-alcohol motifs (C(OH)–C–C–N with tert-alkyl or cyclic N) is 1. The molecule has 32 heavy (non-hydrogen) atoms. The molecule has 168 valence electrons. The predicted molar refractivity (Wildman–Crippen MR) is 116 cm³/mol. The minimum absolute atomic E-state index is 0.00351. The molecular weight excluding hydrogens is 412 g/mol. The van der Waals surface area contributed by atoms with Crippen LogP contribution in [0.2, 0.25) is 0 Å². The second kappa shape index (κ2) is 7.86. The quantitative estimate of drug-likeness (QED) is 0.666. The molecule has 1 spiro atoms. The van der Waals surface area contributed by atoms with E-state index in [1.165, 1.54) is 4.90 Å². The van der Waals surface area contributed by atoms with Crippen molar-refractivity contribution < 1.29 is 29.0 Å². The van der Waals surface area contributed by atoms with E-state index >= 15 is 0 Å². The highest BCUT2D eigenvalue weighted by molar-refractivity contribution is 6.04. The van der Waals surface area contributed by atoms with Gasteiger partial charge in [0.2, 0.25) is 11.8 Å². The number of nitrogens with zero attached hydrogens (tertiary/aromatic N) is 1. The summed E-state index contributed by atoms with van der Waals surface area (Å²) in [7, 11) is 0. The van der Waals surface area contributed by atoms with Crippen LogP contribution in [0, 0.1) is 11.8 Å². The lowest BCUT2D eigenvalue weighted by atomic mass is 9.71. The van der Waals surface area contributed by atoms with Gasteiger partial charge in [0.15, 0.2) is 0 Å². The van der Waals surface area contributed by atoms with Gasteiger partial charge >= 0.3 is 5.97 Å². The molecule has 8 nitrogen and oxygen atoms in total. The molecule has 3 fully saturated rings. The van der Waals surface area contributed by atoms with Crippen LogP contribution in [0.1, 0.15) is 19.8 Å². The summed E-state index contributed by atoms with van der Waals surface area (Å²) in [6, 6.07) is 12.5. The minimum Gasteiger partial charge on any atom is -0.466 e. The molecule has 3 heterocycles. The van der Waals surface area contributed by atoms with Crippen LogP contribution in [0.15, 0.2) is 42.5 Å². The largest absolute Gasteiger partial charge is 0.466 e. The Morgan fingerprint density at radius 3 is 2.78 bits per heavy atom. The maximum absolute atomic E-state index is 13.5. The summed E-state index contributed by atoms with van der Waals surface area (Å²) >= 11 is 0. The van der Waals surface area contributed by atoms with Gasteiger partial charge in [0.05, 0.1) is 31.2 Å². The van der Waals surface area contributed by atoms with Crippen LogP contribution in [0.5, 0.6) is 0 Å². The maximum Gasteiger partial charge on any atom is 0.312 e. The summed E-state index contributed by atoms with van der Waals surface area (Å²) in [4.78, 5) is 40.9. The minimum atomic E-state index is -1.09. The standard InChI is InChI=1S/C24H26N2O6/c1-2-31-23(30)18-17-9-10-24(32-17)19(18)22(29)26(11-12-27)20(24)21(28)25-16-8-7-14-5-3-4-6-15(14)13-16/h3-8,13,17-20,27H,2,9-12H2,1H3,(H,25,28)/t17-,18+,19+,20-,24+/m0/s1. The summed E-state index contributed by atoms with van der Waals surface area (Å²) < 4.78 is 11.5. The Hall–Kier alpha value is -2.97. The molecule has 2 aromatic carbocycles. The number of aliphatic hydroxyl groups is 1. The molecular formula is C24H26N2O6. The predicted octanol–water partition coefficient (Wildman–Crippen LogP) is 1.71. The van der Waals surface area contributed by atoms with E-state index in [0.717, 1.165) is 10.8 Å². The van der Waals surface area contributed by atoms with Gasteiger partial charge in [0, 0.05) is 12.2 Å². The Balaban J connectivity index is 1.48. The fourth-order valence-electron chi connectivity index (χ4n) is 5.79. The first-order valence-corrected chi connectivity index (χ1v) is 11.1. The molecule has 8 heteroatoms. The van der Waals surface area contributed by atoms with Crippen LogP contribution in [-0.2, 0) is 23.9 Å². The number of nitrogens with one attached hydrogen (secondary N) is 1. The number of hydrogen-bond donors (Lipinski definition) is 2. The first kappa shape index (κ1) is 20.9. The molecule has 0 aromatic heterocycles. The molecule has 0 saturated carbocycles. The van der Waals surface area contributed by atoms with Gasteiger partial charge in [-0.3, -0.25) is 14.4 Å². The van der Waals surface area contributed by atoms with E-state index in [1.54, 1.807) is 6.92 Å². The second-order valence-corrected chi connectivity index (χ2v) is 8.61. The number of fused-ring (bicyclic) bond motifs is 2. The van der Waals surface area contributed by atoms with Gasteiger partial charge in [-0.25, -0.2) is 0 Å². The highest BCUT2D eigenvalue weighted by Crippen LogP contribution is 2.58. The van der Waals surface area contributed by atoms with Crippen LogP contribution in [0.25, 0.3) is 10.8 Å². The summed E-state index contributed by atoms with van der Waals surface area (Å²) in [5.74, 6) is -2.68. The molecule has 2 N–H and O–H groups in total. The van der Waals surface area contributed by atoms with Gasteiger partial charge in [0.1, 0.15) is 11.6 Å². The Kier molecular flexibility index (Phi) is 5.14. The van der Waals surface area contributed by atoms with Crippen molar-refractivity contribution in [3.05, 3.63) is 42.5 Å². The molecule has 0 unspecified atom stereocenters. The van der Waals surface area contributed by atoms with Crippen molar-refractivity contribution in [2.24, 2.45) is 11.8 Å². The molecule has 2 aromatic rings.